The first kappa shape index (κ1) is 21.9. The van der Waals surface area contributed by atoms with Crippen molar-refractivity contribution in [3.8, 4) is 16.9 Å². The van der Waals surface area contributed by atoms with Crippen molar-refractivity contribution in [1.29, 1.82) is 0 Å². The Balaban J connectivity index is 1.27. The van der Waals surface area contributed by atoms with Gasteiger partial charge in [-0.1, -0.05) is 43.3 Å². The van der Waals surface area contributed by atoms with Crippen LogP contribution in [0.2, 0.25) is 0 Å². The fraction of sp³-hybridized carbons (Fsp3) is 0.429. The molecule has 2 aromatic carbocycles. The molecule has 2 unspecified atom stereocenters. The number of aromatic nitrogens is 1. The number of hydrogen-bond acceptors (Lipinski definition) is 4. The number of fused-ring (bicyclic) bond motifs is 1. The van der Waals surface area contributed by atoms with Crippen LogP contribution in [0.15, 0.2) is 54.7 Å². The van der Waals surface area contributed by atoms with Crippen molar-refractivity contribution in [2.45, 2.75) is 44.6 Å². The van der Waals surface area contributed by atoms with Crippen LogP contribution in [0.5, 0.6) is 5.75 Å². The van der Waals surface area contributed by atoms with E-state index in [2.05, 4.69) is 54.4 Å². The van der Waals surface area contributed by atoms with Gasteiger partial charge in [0.25, 0.3) is 5.91 Å². The van der Waals surface area contributed by atoms with Crippen LogP contribution in [0.4, 0.5) is 0 Å². The molecular formula is C28H32N2O3. The summed E-state index contributed by atoms with van der Waals surface area (Å²) in [5.41, 5.74) is 4.43. The number of carbonyl (C=O) groups excluding carboxylic acids is 1. The van der Waals surface area contributed by atoms with Crippen molar-refractivity contribution >= 4 is 16.8 Å². The molecule has 0 aliphatic carbocycles. The van der Waals surface area contributed by atoms with Gasteiger partial charge in [-0.3, -0.25) is 9.78 Å². The number of benzene rings is 2. The molecule has 1 aromatic heterocycles. The van der Waals surface area contributed by atoms with Crippen LogP contribution < -0.4 is 4.74 Å². The molecule has 0 bridgehead atoms. The van der Waals surface area contributed by atoms with Crippen LogP contribution in [0.25, 0.3) is 22.0 Å². The Labute approximate surface area is 195 Å². The lowest BCUT2D eigenvalue weighted by molar-refractivity contribution is -0.142. The van der Waals surface area contributed by atoms with Gasteiger partial charge in [0.15, 0.2) is 5.75 Å². The minimum absolute atomic E-state index is 0.196. The van der Waals surface area contributed by atoms with Gasteiger partial charge in [0.2, 0.25) is 0 Å². The Morgan fingerprint density at radius 1 is 1.09 bits per heavy atom. The predicted octanol–water partition coefficient (Wildman–Crippen LogP) is 5.43. The summed E-state index contributed by atoms with van der Waals surface area (Å²) in [6, 6.07) is 17.1. The van der Waals surface area contributed by atoms with Gasteiger partial charge in [0, 0.05) is 36.8 Å². The summed E-state index contributed by atoms with van der Waals surface area (Å²) in [6.07, 6.45) is 5.57. The number of pyridine rings is 1. The number of hydrogen-bond donors (Lipinski definition) is 0. The first-order valence-corrected chi connectivity index (χ1v) is 12.1. The molecule has 3 aromatic rings. The monoisotopic (exact) mass is 444 g/mol. The zero-order valence-electron chi connectivity index (χ0n) is 19.5. The number of methoxy groups -OCH3 is 1. The summed E-state index contributed by atoms with van der Waals surface area (Å²) in [7, 11) is 1.71. The van der Waals surface area contributed by atoms with Crippen LogP contribution in [-0.2, 0) is 9.53 Å². The van der Waals surface area contributed by atoms with E-state index in [9.17, 15) is 4.79 Å². The molecule has 0 saturated carbocycles. The molecule has 2 aliphatic rings. The van der Waals surface area contributed by atoms with Crippen molar-refractivity contribution in [1.82, 2.24) is 9.88 Å². The molecule has 2 fully saturated rings. The smallest absolute Gasteiger partial charge is 0.251 e. The fourth-order valence-electron chi connectivity index (χ4n) is 5.39. The summed E-state index contributed by atoms with van der Waals surface area (Å²) < 4.78 is 11.3. The minimum Gasteiger partial charge on any atom is -0.494 e. The Morgan fingerprint density at radius 3 is 2.58 bits per heavy atom. The third-order valence-electron chi connectivity index (χ3n) is 7.44. The van der Waals surface area contributed by atoms with Crippen molar-refractivity contribution in [3.63, 3.8) is 0 Å². The molecule has 0 radical (unpaired) electrons. The number of amides is 1. The van der Waals surface area contributed by atoms with Gasteiger partial charge < -0.3 is 14.4 Å². The van der Waals surface area contributed by atoms with Gasteiger partial charge in [-0.2, -0.15) is 0 Å². The number of ether oxygens (including phenoxy) is 2. The lowest BCUT2D eigenvalue weighted by atomic mass is 9.81. The van der Waals surface area contributed by atoms with Crippen LogP contribution >= 0.6 is 0 Å². The summed E-state index contributed by atoms with van der Waals surface area (Å²) in [5, 5.41) is 1.08. The van der Waals surface area contributed by atoms with E-state index in [0.717, 1.165) is 73.2 Å². The molecule has 0 N–H and O–H groups in total. The topological polar surface area (TPSA) is 51.7 Å². The second-order valence-corrected chi connectivity index (χ2v) is 9.30. The molecule has 0 spiro atoms. The SMILES string of the molecule is COc1c(-c2ccc(C(C)C3CCN(C(=O)C4CCCO4)CC3)cc2)ccc2cccnc12. The third kappa shape index (κ3) is 4.34. The van der Waals surface area contributed by atoms with Crippen LogP contribution in [-0.4, -0.2) is 48.7 Å². The highest BCUT2D eigenvalue weighted by Crippen LogP contribution is 2.38. The van der Waals surface area contributed by atoms with Crippen molar-refractivity contribution in [2.24, 2.45) is 5.92 Å². The Kier molecular flexibility index (Phi) is 6.32. The summed E-state index contributed by atoms with van der Waals surface area (Å²) in [6.45, 7) is 4.72. The zero-order chi connectivity index (χ0) is 22.8. The maximum absolute atomic E-state index is 12.6. The van der Waals surface area contributed by atoms with Gasteiger partial charge in [-0.05, 0) is 60.8 Å². The lowest BCUT2D eigenvalue weighted by Gasteiger charge is -2.36. The highest BCUT2D eigenvalue weighted by atomic mass is 16.5. The van der Waals surface area contributed by atoms with Crippen molar-refractivity contribution in [3.05, 3.63) is 60.3 Å². The van der Waals surface area contributed by atoms with E-state index < -0.39 is 0 Å². The molecule has 5 rings (SSSR count). The molecule has 5 heteroatoms. The van der Waals surface area contributed by atoms with E-state index in [1.807, 2.05) is 11.0 Å². The number of piperidine rings is 1. The molecule has 2 saturated heterocycles. The first-order valence-electron chi connectivity index (χ1n) is 12.1. The minimum atomic E-state index is -0.200. The first-order chi connectivity index (χ1) is 16.2. The van der Waals surface area contributed by atoms with E-state index >= 15 is 0 Å². The molecule has 5 nitrogen and oxygen atoms in total. The van der Waals surface area contributed by atoms with Gasteiger partial charge in [-0.25, -0.2) is 0 Å². The lowest BCUT2D eigenvalue weighted by Crippen LogP contribution is -2.44. The largest absolute Gasteiger partial charge is 0.494 e. The summed E-state index contributed by atoms with van der Waals surface area (Å²) >= 11 is 0. The molecule has 1 amide bonds. The van der Waals surface area contributed by atoms with E-state index in [-0.39, 0.29) is 12.0 Å². The Bertz CT molecular complexity index is 1110. The summed E-state index contributed by atoms with van der Waals surface area (Å²) in [5.74, 6) is 2.06. The zero-order valence-corrected chi connectivity index (χ0v) is 19.5. The quantitative estimate of drug-likeness (QED) is 0.526. The highest BCUT2D eigenvalue weighted by Gasteiger charge is 2.32. The number of carbonyl (C=O) groups is 1. The number of likely N-dealkylation sites (tertiary alicyclic amines) is 1. The van der Waals surface area contributed by atoms with Crippen LogP contribution in [0.1, 0.15) is 44.1 Å². The van der Waals surface area contributed by atoms with Crippen molar-refractivity contribution in [2.75, 3.05) is 26.8 Å². The Morgan fingerprint density at radius 2 is 1.88 bits per heavy atom. The van der Waals surface area contributed by atoms with Gasteiger partial charge in [0.1, 0.15) is 11.6 Å². The van der Waals surface area contributed by atoms with Gasteiger partial charge in [-0.15, -0.1) is 0 Å². The molecule has 2 atom stereocenters. The van der Waals surface area contributed by atoms with Crippen molar-refractivity contribution < 1.29 is 14.3 Å². The molecular weight excluding hydrogens is 412 g/mol. The summed E-state index contributed by atoms with van der Waals surface area (Å²) in [4.78, 5) is 19.2. The number of rotatable bonds is 5. The molecule has 172 valence electrons. The highest BCUT2D eigenvalue weighted by molar-refractivity contribution is 5.92. The Hall–Kier alpha value is -2.92. The van der Waals surface area contributed by atoms with E-state index in [0.29, 0.717) is 11.8 Å². The molecule has 3 heterocycles. The second-order valence-electron chi connectivity index (χ2n) is 9.30. The molecule has 2 aliphatic heterocycles. The van der Waals surface area contributed by atoms with Gasteiger partial charge in [0.05, 0.1) is 7.11 Å². The van der Waals surface area contributed by atoms with Crippen LogP contribution in [0.3, 0.4) is 0 Å². The normalized spacial score (nSPS) is 20.2. The predicted molar refractivity (Wildman–Crippen MR) is 130 cm³/mol. The van der Waals surface area contributed by atoms with E-state index in [1.54, 1.807) is 13.3 Å². The third-order valence-corrected chi connectivity index (χ3v) is 7.44. The molecule has 33 heavy (non-hydrogen) atoms. The van der Waals surface area contributed by atoms with E-state index in [4.69, 9.17) is 9.47 Å². The fourth-order valence-corrected chi connectivity index (χ4v) is 5.39. The standard InChI is InChI=1S/C28H32N2O3/c1-19(21-13-16-30(17-14-21)28(31)25-6-4-18-33-25)20-7-9-22(10-8-20)24-12-11-23-5-3-15-29-26(23)27(24)32-2/h3,5,7-12,15,19,21,25H,4,6,13-14,16-18H2,1-2H3. The van der Waals surface area contributed by atoms with Crippen LogP contribution in [0, 0.1) is 5.92 Å². The second kappa shape index (κ2) is 9.52. The van der Waals surface area contributed by atoms with Gasteiger partial charge >= 0.3 is 0 Å². The average molecular weight is 445 g/mol. The average Bonchev–Trinajstić information content (AvgIpc) is 3.42. The maximum Gasteiger partial charge on any atom is 0.251 e. The number of nitrogens with zero attached hydrogens (tertiary/aromatic N) is 2. The maximum atomic E-state index is 12.6. The van der Waals surface area contributed by atoms with E-state index in [1.165, 1.54) is 5.56 Å².